The summed E-state index contributed by atoms with van der Waals surface area (Å²) in [5.74, 6) is 3.49. The molecule has 0 saturated carbocycles. The zero-order chi connectivity index (χ0) is 45.5. The Labute approximate surface area is 399 Å². The lowest BCUT2D eigenvalue weighted by Gasteiger charge is -2.39. The fourth-order valence-corrected chi connectivity index (χ4v) is 11.1. The Morgan fingerprint density at radius 2 is 0.797 bits per heavy atom. The number of rotatable bonds is 6. The molecule has 5 nitrogen and oxygen atoms in total. The highest BCUT2D eigenvalue weighted by Gasteiger charge is 2.51. The van der Waals surface area contributed by atoms with Crippen LogP contribution in [-0.2, 0) is 5.41 Å². The van der Waals surface area contributed by atoms with Crippen LogP contribution in [0.1, 0.15) is 22.3 Å². The van der Waals surface area contributed by atoms with Crippen molar-refractivity contribution in [1.29, 1.82) is 0 Å². The molecule has 0 unspecified atom stereocenters. The Kier molecular flexibility index (Phi) is 8.73. The molecule has 5 heteroatoms. The number of hydrogen-bond donors (Lipinski definition) is 0. The van der Waals surface area contributed by atoms with Gasteiger partial charge in [-0.2, -0.15) is 0 Å². The maximum atomic E-state index is 6.77. The number of aromatic nitrogens is 4. The number of nitrogens with zero attached hydrogens (tertiary/aromatic N) is 4. The summed E-state index contributed by atoms with van der Waals surface area (Å²) in [4.78, 5) is 16.1. The van der Waals surface area contributed by atoms with E-state index in [0.717, 1.165) is 78.1 Å². The predicted molar refractivity (Wildman–Crippen MR) is 279 cm³/mol. The summed E-state index contributed by atoms with van der Waals surface area (Å²) < 4.78 is 9.11. The van der Waals surface area contributed by atoms with Crippen LogP contribution < -0.4 is 4.74 Å². The van der Waals surface area contributed by atoms with Crippen LogP contribution in [0.25, 0.3) is 95.0 Å². The van der Waals surface area contributed by atoms with E-state index in [2.05, 4.69) is 229 Å². The number of fused-ring (bicyclic) bond motifs is 12. The van der Waals surface area contributed by atoms with Gasteiger partial charge >= 0.3 is 0 Å². The molecule has 69 heavy (non-hydrogen) atoms. The van der Waals surface area contributed by atoms with Crippen LogP contribution in [-0.4, -0.2) is 19.5 Å². The smallest absolute Gasteiger partial charge is 0.166 e. The van der Waals surface area contributed by atoms with E-state index < -0.39 is 5.41 Å². The molecule has 2 aliphatic rings. The van der Waals surface area contributed by atoms with Crippen molar-refractivity contribution in [2.75, 3.05) is 0 Å². The average molecular weight is 881 g/mol. The molecule has 10 aromatic carbocycles. The van der Waals surface area contributed by atoms with Gasteiger partial charge in [0, 0.05) is 44.3 Å². The van der Waals surface area contributed by atoms with Gasteiger partial charge in [0.1, 0.15) is 11.5 Å². The first-order chi connectivity index (χ1) is 34.2. The highest BCUT2D eigenvalue weighted by atomic mass is 16.5. The molecule has 0 bridgehead atoms. The van der Waals surface area contributed by atoms with Crippen LogP contribution in [0.4, 0.5) is 0 Å². The molecule has 0 fully saturated rings. The van der Waals surface area contributed by atoms with Crippen molar-refractivity contribution in [3.63, 3.8) is 0 Å². The molecule has 14 rings (SSSR count). The molecule has 0 saturated heterocycles. The van der Waals surface area contributed by atoms with Gasteiger partial charge in [-0.3, -0.25) is 0 Å². The summed E-state index contributed by atoms with van der Waals surface area (Å²) in [6.45, 7) is 0. The van der Waals surface area contributed by atoms with Gasteiger partial charge in [-0.15, -0.1) is 0 Å². The van der Waals surface area contributed by atoms with Crippen molar-refractivity contribution >= 4 is 21.8 Å². The van der Waals surface area contributed by atoms with E-state index in [9.17, 15) is 0 Å². The molecule has 0 radical (unpaired) electrons. The predicted octanol–water partition coefficient (Wildman–Crippen LogP) is 15.8. The SMILES string of the molecule is c1ccc(-c2ccc(-c3ccc4c(c3)C3(c5ccccc5Oc5ccccc53)c3cc(-c5nc(-c6ccccc6)nc(-c6cccc7c8ccccc8n(-c8ccccc8)c67)n5)ccc3-4)cc2)cc1. The molecule has 1 aliphatic carbocycles. The third-order valence-electron chi connectivity index (χ3n) is 14.1. The van der Waals surface area contributed by atoms with Gasteiger partial charge in [0.2, 0.25) is 0 Å². The molecular weight excluding hydrogens is 841 g/mol. The van der Waals surface area contributed by atoms with E-state index in [4.69, 9.17) is 19.7 Å². The topological polar surface area (TPSA) is 52.8 Å². The first-order valence-corrected chi connectivity index (χ1v) is 23.4. The van der Waals surface area contributed by atoms with Crippen molar-refractivity contribution in [2.45, 2.75) is 5.41 Å². The van der Waals surface area contributed by atoms with Crippen LogP contribution in [0.2, 0.25) is 0 Å². The van der Waals surface area contributed by atoms with Crippen molar-refractivity contribution in [3.8, 4) is 84.7 Å². The second kappa shape index (κ2) is 15.4. The Morgan fingerprint density at radius 1 is 0.319 bits per heavy atom. The Morgan fingerprint density at radius 3 is 1.48 bits per heavy atom. The minimum absolute atomic E-state index is 0.597. The van der Waals surface area contributed by atoms with Gasteiger partial charge in [0.05, 0.1) is 16.4 Å². The quantitative estimate of drug-likeness (QED) is 0.167. The van der Waals surface area contributed by atoms with E-state index in [0.29, 0.717) is 17.5 Å². The zero-order valence-electron chi connectivity index (χ0n) is 37.3. The second-order valence-corrected chi connectivity index (χ2v) is 17.9. The van der Waals surface area contributed by atoms with Crippen molar-refractivity contribution in [2.24, 2.45) is 0 Å². The maximum Gasteiger partial charge on any atom is 0.166 e. The first kappa shape index (κ1) is 39.0. The minimum Gasteiger partial charge on any atom is -0.457 e. The van der Waals surface area contributed by atoms with E-state index >= 15 is 0 Å². The zero-order valence-corrected chi connectivity index (χ0v) is 37.3. The lowest BCUT2D eigenvalue weighted by atomic mass is 9.65. The van der Waals surface area contributed by atoms with Gasteiger partial charge in [-0.05, 0) is 93.0 Å². The molecule has 322 valence electrons. The molecule has 12 aromatic rings. The highest BCUT2D eigenvalue weighted by molar-refractivity contribution is 6.13. The summed E-state index contributed by atoms with van der Waals surface area (Å²) in [7, 11) is 0. The highest BCUT2D eigenvalue weighted by Crippen LogP contribution is 2.63. The number of benzene rings is 10. The third kappa shape index (κ3) is 6.00. The summed E-state index contributed by atoms with van der Waals surface area (Å²) in [5, 5.41) is 2.31. The van der Waals surface area contributed by atoms with Gasteiger partial charge in [0.25, 0.3) is 0 Å². The van der Waals surface area contributed by atoms with E-state index in [1.165, 1.54) is 33.2 Å². The normalized spacial score (nSPS) is 12.9. The van der Waals surface area contributed by atoms with Gasteiger partial charge in [-0.1, -0.05) is 194 Å². The summed E-state index contributed by atoms with van der Waals surface area (Å²) in [6, 6.07) is 86.2. The lowest BCUT2D eigenvalue weighted by molar-refractivity contribution is 0.436. The molecule has 0 amide bonds. The van der Waals surface area contributed by atoms with Gasteiger partial charge in [-0.25, -0.2) is 15.0 Å². The molecule has 3 heterocycles. The standard InChI is InChI=1S/C64H40N4O/c1-4-17-41(18-5-1)42-31-33-43(34-32-42)45-35-37-48-49-38-36-46(40-56(49)64(55(48)39-45)53-26-11-14-29-58(53)69-59-30-15-12-27-54(59)64)62-65-61(44-19-6-2-7-20-44)66-63(67-62)52-25-16-24-51-50-23-10-13-28-57(50)68(60(51)52)47-21-8-3-9-22-47/h1-40H. The Bertz CT molecular complexity index is 3930. The summed E-state index contributed by atoms with van der Waals surface area (Å²) in [5.41, 5.74) is 16.9. The van der Waals surface area contributed by atoms with Crippen molar-refractivity contribution < 1.29 is 4.74 Å². The fraction of sp³-hybridized carbons (Fsp3) is 0.0156. The molecule has 2 aromatic heterocycles. The van der Waals surface area contributed by atoms with Gasteiger partial charge < -0.3 is 9.30 Å². The van der Waals surface area contributed by atoms with Crippen LogP contribution in [0, 0.1) is 0 Å². The van der Waals surface area contributed by atoms with Crippen molar-refractivity contribution in [3.05, 3.63) is 265 Å². The van der Waals surface area contributed by atoms with E-state index in [1.807, 2.05) is 18.2 Å². The molecule has 0 N–H and O–H groups in total. The lowest BCUT2D eigenvalue weighted by Crippen LogP contribution is -2.32. The average Bonchev–Trinajstić information content (AvgIpc) is 3.92. The van der Waals surface area contributed by atoms with Crippen LogP contribution in [0.5, 0.6) is 11.5 Å². The third-order valence-corrected chi connectivity index (χ3v) is 14.1. The number of ether oxygens (including phenoxy) is 1. The summed E-state index contributed by atoms with van der Waals surface area (Å²) in [6.07, 6.45) is 0. The van der Waals surface area contributed by atoms with Crippen LogP contribution in [0.15, 0.2) is 243 Å². The largest absolute Gasteiger partial charge is 0.457 e. The Balaban J connectivity index is 1.00. The Hall–Kier alpha value is -9.19. The molecule has 0 atom stereocenters. The number of para-hydroxylation sites is 5. The minimum atomic E-state index is -0.716. The van der Waals surface area contributed by atoms with Crippen molar-refractivity contribution in [1.82, 2.24) is 19.5 Å². The first-order valence-electron chi connectivity index (χ1n) is 23.4. The second-order valence-electron chi connectivity index (χ2n) is 17.9. The summed E-state index contributed by atoms with van der Waals surface area (Å²) >= 11 is 0. The molecular formula is C64H40N4O. The monoisotopic (exact) mass is 880 g/mol. The van der Waals surface area contributed by atoms with Crippen LogP contribution in [0.3, 0.4) is 0 Å². The van der Waals surface area contributed by atoms with Gasteiger partial charge in [0.15, 0.2) is 17.5 Å². The fourth-order valence-electron chi connectivity index (χ4n) is 11.1. The van der Waals surface area contributed by atoms with Crippen LogP contribution >= 0.6 is 0 Å². The number of hydrogen-bond acceptors (Lipinski definition) is 4. The van der Waals surface area contributed by atoms with E-state index in [1.54, 1.807) is 0 Å². The molecule has 1 spiro atoms. The molecule has 1 aliphatic heterocycles. The van der Waals surface area contributed by atoms with E-state index in [-0.39, 0.29) is 0 Å². The maximum absolute atomic E-state index is 6.77.